The number of anilines is 1. The smallest absolute Gasteiger partial charge is 0.258 e. The first-order valence-corrected chi connectivity index (χ1v) is 13.0. The molecular weight excluding hydrogens is 462 g/mol. The van der Waals surface area contributed by atoms with Crippen molar-refractivity contribution in [2.75, 3.05) is 45.7 Å². The highest BCUT2D eigenvalue weighted by Gasteiger charge is 2.33. The summed E-state index contributed by atoms with van der Waals surface area (Å²) >= 11 is 0. The van der Waals surface area contributed by atoms with Gasteiger partial charge in [-0.2, -0.15) is 0 Å². The summed E-state index contributed by atoms with van der Waals surface area (Å²) in [5.41, 5.74) is 5.14. The minimum Gasteiger partial charge on any atom is -0.488 e. The fourth-order valence-electron chi connectivity index (χ4n) is 4.82. The number of amides is 1. The van der Waals surface area contributed by atoms with Crippen LogP contribution in [0.5, 0.6) is 5.75 Å². The van der Waals surface area contributed by atoms with E-state index in [-0.39, 0.29) is 30.6 Å². The molecule has 1 heterocycles. The molecule has 1 amide bonds. The van der Waals surface area contributed by atoms with Gasteiger partial charge in [0.1, 0.15) is 11.9 Å². The Bertz CT molecular complexity index is 1180. The first kappa shape index (κ1) is 26.7. The standard InChI is InChI=1S/C31H39N3O3/c1-22-18-34(23(2)21-35)31(36)28-17-27(32(3)4)15-16-29(28)37-30(22)20-33(5)19-24-11-13-26(14-12-24)25-9-7-6-8-10-25/h6-17,22-23,30,35H,18-21H2,1-5H3/t22-,23-,30-/m1/s1. The van der Waals surface area contributed by atoms with Gasteiger partial charge in [-0.25, -0.2) is 0 Å². The average Bonchev–Trinajstić information content (AvgIpc) is 2.90. The lowest BCUT2D eigenvalue weighted by Crippen LogP contribution is -2.49. The Morgan fingerprint density at radius 3 is 2.32 bits per heavy atom. The van der Waals surface area contributed by atoms with Crippen molar-refractivity contribution >= 4 is 11.6 Å². The van der Waals surface area contributed by atoms with Gasteiger partial charge in [-0.05, 0) is 48.9 Å². The minimum absolute atomic E-state index is 0.0778. The van der Waals surface area contributed by atoms with E-state index in [2.05, 4.69) is 67.4 Å². The number of nitrogens with zero attached hydrogens (tertiary/aromatic N) is 3. The van der Waals surface area contributed by atoms with Crippen LogP contribution in [-0.4, -0.2) is 73.8 Å². The van der Waals surface area contributed by atoms with E-state index in [9.17, 15) is 9.90 Å². The van der Waals surface area contributed by atoms with E-state index in [0.717, 1.165) is 12.2 Å². The number of likely N-dealkylation sites (N-methyl/N-ethyl adjacent to an activating group) is 1. The largest absolute Gasteiger partial charge is 0.488 e. The Labute approximate surface area is 221 Å². The summed E-state index contributed by atoms with van der Waals surface area (Å²) in [6.45, 7) is 5.97. The number of fused-ring (bicyclic) bond motifs is 1. The van der Waals surface area contributed by atoms with Crippen molar-refractivity contribution in [2.45, 2.75) is 32.5 Å². The molecule has 0 unspecified atom stereocenters. The first-order chi connectivity index (χ1) is 17.8. The van der Waals surface area contributed by atoms with E-state index in [1.165, 1.54) is 16.7 Å². The van der Waals surface area contributed by atoms with Crippen molar-refractivity contribution in [1.29, 1.82) is 0 Å². The van der Waals surface area contributed by atoms with E-state index in [0.29, 0.717) is 24.4 Å². The van der Waals surface area contributed by atoms with Crippen LogP contribution in [0.4, 0.5) is 5.69 Å². The van der Waals surface area contributed by atoms with Crippen molar-refractivity contribution in [3.05, 3.63) is 83.9 Å². The Morgan fingerprint density at radius 1 is 1.00 bits per heavy atom. The van der Waals surface area contributed by atoms with Gasteiger partial charge in [-0.15, -0.1) is 0 Å². The molecule has 0 spiro atoms. The molecule has 6 heteroatoms. The van der Waals surface area contributed by atoms with Crippen molar-refractivity contribution in [1.82, 2.24) is 9.80 Å². The number of aliphatic hydroxyl groups excluding tert-OH is 1. The van der Waals surface area contributed by atoms with Crippen LogP contribution in [0.1, 0.15) is 29.8 Å². The molecule has 6 nitrogen and oxygen atoms in total. The summed E-state index contributed by atoms with van der Waals surface area (Å²) in [6, 6.07) is 24.6. The molecule has 0 radical (unpaired) electrons. The second-order valence-corrected chi connectivity index (χ2v) is 10.5. The summed E-state index contributed by atoms with van der Waals surface area (Å²) in [6.07, 6.45) is -0.112. The lowest BCUT2D eigenvalue weighted by molar-refractivity contribution is 0.0341. The number of benzene rings is 3. The lowest BCUT2D eigenvalue weighted by atomic mass is 9.99. The SMILES string of the molecule is C[C@@H]1CN([C@H](C)CO)C(=O)c2cc(N(C)C)ccc2O[C@@H]1CN(C)Cc1ccc(-c2ccccc2)cc1. The predicted octanol–water partition coefficient (Wildman–Crippen LogP) is 4.77. The normalized spacial score (nSPS) is 18.6. The molecule has 0 aliphatic carbocycles. The Kier molecular flexibility index (Phi) is 8.52. The molecule has 3 atom stereocenters. The van der Waals surface area contributed by atoms with Crippen molar-refractivity contribution in [3.63, 3.8) is 0 Å². The van der Waals surface area contributed by atoms with E-state index < -0.39 is 0 Å². The third-order valence-corrected chi connectivity index (χ3v) is 7.17. The van der Waals surface area contributed by atoms with Gasteiger partial charge in [0.05, 0.1) is 18.2 Å². The third kappa shape index (κ3) is 6.32. The maximum atomic E-state index is 13.5. The number of aliphatic hydroxyl groups is 1. The molecule has 0 aromatic heterocycles. The zero-order valence-corrected chi connectivity index (χ0v) is 22.6. The van der Waals surface area contributed by atoms with Crippen LogP contribution in [0.15, 0.2) is 72.8 Å². The molecule has 1 aliphatic heterocycles. The first-order valence-electron chi connectivity index (χ1n) is 13.0. The van der Waals surface area contributed by atoms with Crippen LogP contribution in [0.2, 0.25) is 0 Å². The van der Waals surface area contributed by atoms with Crippen LogP contribution in [0.25, 0.3) is 11.1 Å². The van der Waals surface area contributed by atoms with Crippen LogP contribution < -0.4 is 9.64 Å². The number of carbonyl (C=O) groups excluding carboxylic acids is 1. The fourth-order valence-corrected chi connectivity index (χ4v) is 4.82. The molecule has 3 aromatic carbocycles. The van der Waals surface area contributed by atoms with Crippen LogP contribution in [0.3, 0.4) is 0 Å². The van der Waals surface area contributed by atoms with E-state index in [1.807, 2.05) is 50.2 Å². The fraction of sp³-hybridized carbons (Fsp3) is 0.387. The maximum Gasteiger partial charge on any atom is 0.258 e. The zero-order valence-electron chi connectivity index (χ0n) is 22.6. The van der Waals surface area contributed by atoms with Gasteiger partial charge in [0.25, 0.3) is 5.91 Å². The topological polar surface area (TPSA) is 56.3 Å². The molecule has 1 N–H and O–H groups in total. The number of hydrogen-bond acceptors (Lipinski definition) is 5. The molecule has 0 saturated heterocycles. The summed E-state index contributed by atoms with van der Waals surface area (Å²) < 4.78 is 6.53. The molecular formula is C31H39N3O3. The van der Waals surface area contributed by atoms with Gasteiger partial charge >= 0.3 is 0 Å². The van der Waals surface area contributed by atoms with E-state index in [1.54, 1.807) is 4.90 Å². The third-order valence-electron chi connectivity index (χ3n) is 7.17. The van der Waals surface area contributed by atoms with Crippen LogP contribution in [-0.2, 0) is 6.54 Å². The lowest BCUT2D eigenvalue weighted by Gasteiger charge is -2.38. The van der Waals surface area contributed by atoms with Crippen molar-refractivity contribution < 1.29 is 14.6 Å². The van der Waals surface area contributed by atoms with Gasteiger partial charge < -0.3 is 19.6 Å². The van der Waals surface area contributed by atoms with Gasteiger partial charge in [-0.1, -0.05) is 61.5 Å². The van der Waals surface area contributed by atoms with Gasteiger partial charge in [0, 0.05) is 45.3 Å². The molecule has 0 saturated carbocycles. The van der Waals surface area contributed by atoms with E-state index >= 15 is 0 Å². The van der Waals surface area contributed by atoms with Crippen molar-refractivity contribution in [3.8, 4) is 16.9 Å². The monoisotopic (exact) mass is 501 g/mol. The number of rotatable bonds is 8. The molecule has 4 rings (SSSR count). The summed E-state index contributed by atoms with van der Waals surface area (Å²) in [4.78, 5) is 19.6. The Balaban J connectivity index is 1.53. The number of hydrogen-bond donors (Lipinski definition) is 1. The molecule has 196 valence electrons. The Morgan fingerprint density at radius 2 is 1.68 bits per heavy atom. The van der Waals surface area contributed by atoms with Gasteiger partial charge in [0.15, 0.2) is 0 Å². The van der Waals surface area contributed by atoms with Gasteiger partial charge in [0.2, 0.25) is 0 Å². The number of carbonyl (C=O) groups is 1. The molecule has 0 bridgehead atoms. The molecule has 1 aliphatic rings. The number of ether oxygens (including phenoxy) is 1. The van der Waals surface area contributed by atoms with Crippen molar-refractivity contribution in [2.24, 2.45) is 5.92 Å². The molecule has 3 aromatic rings. The molecule has 37 heavy (non-hydrogen) atoms. The minimum atomic E-state index is -0.273. The van der Waals surface area contributed by atoms with Gasteiger partial charge in [-0.3, -0.25) is 9.69 Å². The second kappa shape index (κ2) is 11.8. The highest BCUT2D eigenvalue weighted by molar-refractivity contribution is 5.98. The van der Waals surface area contributed by atoms with Crippen LogP contribution >= 0.6 is 0 Å². The summed E-state index contributed by atoms with van der Waals surface area (Å²) in [7, 11) is 6.02. The molecule has 0 fully saturated rings. The Hall–Kier alpha value is -3.35. The predicted molar refractivity (Wildman–Crippen MR) is 150 cm³/mol. The second-order valence-electron chi connectivity index (χ2n) is 10.5. The average molecular weight is 502 g/mol. The summed E-state index contributed by atoms with van der Waals surface area (Å²) in [5.74, 6) is 0.586. The van der Waals surface area contributed by atoms with Crippen LogP contribution in [0, 0.1) is 5.92 Å². The zero-order chi connectivity index (χ0) is 26.5. The maximum absolute atomic E-state index is 13.5. The highest BCUT2D eigenvalue weighted by atomic mass is 16.5. The summed E-state index contributed by atoms with van der Waals surface area (Å²) in [5, 5.41) is 9.87. The quantitative estimate of drug-likeness (QED) is 0.482. The highest BCUT2D eigenvalue weighted by Crippen LogP contribution is 2.31. The van der Waals surface area contributed by atoms with E-state index in [4.69, 9.17) is 4.74 Å².